The summed E-state index contributed by atoms with van der Waals surface area (Å²) in [5.41, 5.74) is 0.502. The van der Waals surface area contributed by atoms with Crippen LogP contribution in [0.2, 0.25) is 0 Å². The van der Waals surface area contributed by atoms with E-state index >= 15 is 0 Å². The van der Waals surface area contributed by atoms with Gasteiger partial charge in [0, 0.05) is 19.3 Å². The fourth-order valence-electron chi connectivity index (χ4n) is 2.15. The number of amides is 1. The Bertz CT molecular complexity index is 409. The molecule has 3 N–H and O–H groups in total. The zero-order chi connectivity index (χ0) is 12.5. The molecule has 0 saturated carbocycles. The molecule has 6 nitrogen and oxygen atoms in total. The van der Waals surface area contributed by atoms with E-state index in [1.165, 1.54) is 6.20 Å². The van der Waals surface area contributed by atoms with Crippen LogP contribution in [-0.4, -0.2) is 58.4 Å². The molecular weight excluding hydrogens is 220 g/mol. The molecule has 0 aliphatic carbocycles. The van der Waals surface area contributed by atoms with Gasteiger partial charge in [-0.25, -0.2) is 0 Å². The van der Waals surface area contributed by atoms with E-state index in [0.717, 1.165) is 12.2 Å². The quantitative estimate of drug-likeness (QED) is 0.664. The van der Waals surface area contributed by atoms with Gasteiger partial charge in [0.05, 0.1) is 23.9 Å². The summed E-state index contributed by atoms with van der Waals surface area (Å²) in [4.78, 5) is 13.6. The van der Waals surface area contributed by atoms with Crippen LogP contribution in [0.25, 0.3) is 0 Å². The maximum atomic E-state index is 12.1. The summed E-state index contributed by atoms with van der Waals surface area (Å²) in [6.07, 6.45) is 2.19. The van der Waals surface area contributed by atoms with E-state index in [1.54, 1.807) is 18.9 Å². The van der Waals surface area contributed by atoms with Crippen LogP contribution < -0.4 is 5.32 Å². The monoisotopic (exact) mass is 238 g/mol. The van der Waals surface area contributed by atoms with Gasteiger partial charge >= 0.3 is 0 Å². The Labute approximate surface area is 100 Å². The van der Waals surface area contributed by atoms with E-state index in [-0.39, 0.29) is 5.91 Å². The molecule has 1 unspecified atom stereocenters. The number of nitrogens with one attached hydrogen (secondary N) is 2. The van der Waals surface area contributed by atoms with Crippen LogP contribution >= 0.6 is 0 Å². The standard InChI is InChI=1S/C11H18N4O2/c1-8-9(5-13-14-8)10(16)15(2)7-11(17)3-4-12-6-11/h5,12,17H,3-4,6-7H2,1-2H3,(H,13,14). The van der Waals surface area contributed by atoms with Crippen LogP contribution in [0.1, 0.15) is 22.5 Å². The Hall–Kier alpha value is -1.40. The third kappa shape index (κ3) is 2.48. The Morgan fingerprint density at radius 1 is 1.71 bits per heavy atom. The van der Waals surface area contributed by atoms with Crippen LogP contribution in [-0.2, 0) is 0 Å². The van der Waals surface area contributed by atoms with Crippen molar-refractivity contribution in [1.82, 2.24) is 20.4 Å². The van der Waals surface area contributed by atoms with Gasteiger partial charge in [0.15, 0.2) is 0 Å². The van der Waals surface area contributed by atoms with Gasteiger partial charge in [-0.1, -0.05) is 0 Å². The van der Waals surface area contributed by atoms with Crippen LogP contribution in [0.15, 0.2) is 6.20 Å². The number of nitrogens with zero attached hydrogens (tertiary/aromatic N) is 2. The van der Waals surface area contributed by atoms with E-state index in [1.807, 2.05) is 0 Å². The third-order valence-corrected chi connectivity index (χ3v) is 3.16. The summed E-state index contributed by atoms with van der Waals surface area (Å²) >= 11 is 0. The van der Waals surface area contributed by atoms with E-state index < -0.39 is 5.60 Å². The molecule has 0 radical (unpaired) electrons. The van der Waals surface area contributed by atoms with E-state index in [9.17, 15) is 9.90 Å². The van der Waals surface area contributed by atoms with Crippen molar-refractivity contribution in [2.75, 3.05) is 26.7 Å². The highest BCUT2D eigenvalue weighted by Crippen LogP contribution is 2.17. The van der Waals surface area contributed by atoms with Crippen molar-refractivity contribution in [3.05, 3.63) is 17.5 Å². The fourth-order valence-corrected chi connectivity index (χ4v) is 2.15. The van der Waals surface area contributed by atoms with Gasteiger partial charge in [-0.15, -0.1) is 0 Å². The number of aromatic nitrogens is 2. The molecule has 2 rings (SSSR count). The smallest absolute Gasteiger partial charge is 0.257 e. The molecule has 1 aliphatic heterocycles. The van der Waals surface area contributed by atoms with Crippen LogP contribution in [0, 0.1) is 6.92 Å². The van der Waals surface area contributed by atoms with E-state index in [4.69, 9.17) is 0 Å². The van der Waals surface area contributed by atoms with Gasteiger partial charge in [-0.05, 0) is 19.9 Å². The van der Waals surface area contributed by atoms with Gasteiger partial charge in [-0.2, -0.15) is 5.10 Å². The lowest BCUT2D eigenvalue weighted by Gasteiger charge is -2.27. The first kappa shape index (κ1) is 12.1. The lowest BCUT2D eigenvalue weighted by Crippen LogP contribution is -2.45. The number of β-amino-alcohol motifs (C(OH)–C–C–N with tert-alkyl or cyclic N) is 1. The highest BCUT2D eigenvalue weighted by atomic mass is 16.3. The first-order valence-electron chi connectivity index (χ1n) is 5.70. The molecule has 17 heavy (non-hydrogen) atoms. The summed E-state index contributed by atoms with van der Waals surface area (Å²) in [7, 11) is 1.70. The number of rotatable bonds is 3. The zero-order valence-corrected chi connectivity index (χ0v) is 10.2. The van der Waals surface area contributed by atoms with Gasteiger partial charge in [0.1, 0.15) is 0 Å². The average molecular weight is 238 g/mol. The molecule has 1 amide bonds. The minimum atomic E-state index is -0.804. The van der Waals surface area contributed by atoms with E-state index in [0.29, 0.717) is 25.1 Å². The summed E-state index contributed by atoms with van der Waals surface area (Å²) in [6.45, 7) is 3.47. The molecule has 0 spiro atoms. The molecule has 1 fully saturated rings. The third-order valence-electron chi connectivity index (χ3n) is 3.16. The molecular formula is C11H18N4O2. The molecule has 1 aromatic rings. The molecule has 0 bridgehead atoms. The Kier molecular flexibility index (Phi) is 3.17. The number of hydrogen-bond donors (Lipinski definition) is 3. The number of aryl methyl sites for hydroxylation is 1. The predicted octanol–water partition coefficient (Wildman–Crippen LogP) is -0.485. The Morgan fingerprint density at radius 3 is 3.00 bits per heavy atom. The largest absolute Gasteiger partial charge is 0.387 e. The summed E-state index contributed by atoms with van der Waals surface area (Å²) in [5, 5.41) is 19.9. The van der Waals surface area contributed by atoms with E-state index in [2.05, 4.69) is 15.5 Å². The highest BCUT2D eigenvalue weighted by molar-refractivity contribution is 5.94. The average Bonchev–Trinajstić information content (AvgIpc) is 2.86. The Morgan fingerprint density at radius 2 is 2.47 bits per heavy atom. The number of likely N-dealkylation sites (N-methyl/N-ethyl adjacent to an activating group) is 1. The number of carbonyl (C=O) groups excluding carboxylic acids is 1. The Balaban J connectivity index is 2.03. The number of aromatic amines is 1. The van der Waals surface area contributed by atoms with Crippen molar-refractivity contribution in [2.45, 2.75) is 18.9 Å². The normalized spacial score (nSPS) is 23.9. The van der Waals surface area contributed by atoms with Crippen molar-refractivity contribution in [3.63, 3.8) is 0 Å². The second-order valence-electron chi connectivity index (χ2n) is 4.72. The number of H-pyrrole nitrogens is 1. The minimum absolute atomic E-state index is 0.114. The topological polar surface area (TPSA) is 81.2 Å². The predicted molar refractivity (Wildman–Crippen MR) is 62.7 cm³/mol. The number of aliphatic hydroxyl groups is 1. The summed E-state index contributed by atoms with van der Waals surface area (Å²) in [6, 6.07) is 0. The van der Waals surface area contributed by atoms with Crippen molar-refractivity contribution < 1.29 is 9.90 Å². The minimum Gasteiger partial charge on any atom is -0.387 e. The first-order chi connectivity index (χ1) is 8.02. The molecule has 1 atom stereocenters. The van der Waals surface area contributed by atoms with Gasteiger partial charge in [0.2, 0.25) is 0 Å². The maximum absolute atomic E-state index is 12.1. The molecule has 1 aromatic heterocycles. The summed E-state index contributed by atoms with van der Waals surface area (Å²) in [5.74, 6) is -0.114. The van der Waals surface area contributed by atoms with Gasteiger partial charge in [0.25, 0.3) is 5.91 Å². The maximum Gasteiger partial charge on any atom is 0.257 e. The molecule has 2 heterocycles. The fraction of sp³-hybridized carbons (Fsp3) is 0.636. The molecule has 0 aromatic carbocycles. The van der Waals surface area contributed by atoms with Crippen molar-refractivity contribution in [3.8, 4) is 0 Å². The molecule has 6 heteroatoms. The zero-order valence-electron chi connectivity index (χ0n) is 10.2. The molecule has 1 aliphatic rings. The second-order valence-corrected chi connectivity index (χ2v) is 4.72. The molecule has 1 saturated heterocycles. The highest BCUT2D eigenvalue weighted by Gasteiger charge is 2.33. The lowest BCUT2D eigenvalue weighted by molar-refractivity contribution is 0.0252. The number of hydrogen-bond acceptors (Lipinski definition) is 4. The second kappa shape index (κ2) is 4.46. The van der Waals surface area contributed by atoms with Gasteiger partial charge < -0.3 is 15.3 Å². The van der Waals surface area contributed by atoms with Gasteiger partial charge in [-0.3, -0.25) is 9.89 Å². The lowest BCUT2D eigenvalue weighted by atomic mass is 10.0. The van der Waals surface area contributed by atoms with Crippen molar-refractivity contribution in [2.24, 2.45) is 0 Å². The summed E-state index contributed by atoms with van der Waals surface area (Å²) < 4.78 is 0. The number of carbonyl (C=O) groups is 1. The van der Waals surface area contributed by atoms with Crippen LogP contribution in [0.4, 0.5) is 0 Å². The SMILES string of the molecule is Cc1[nH]ncc1C(=O)N(C)CC1(O)CCNC1. The molecule has 94 valence electrons. The van der Waals surface area contributed by atoms with Crippen molar-refractivity contribution in [1.29, 1.82) is 0 Å². The van der Waals surface area contributed by atoms with Crippen LogP contribution in [0.5, 0.6) is 0 Å². The first-order valence-corrected chi connectivity index (χ1v) is 5.70. The van der Waals surface area contributed by atoms with Crippen molar-refractivity contribution >= 4 is 5.91 Å². The van der Waals surface area contributed by atoms with Crippen LogP contribution in [0.3, 0.4) is 0 Å².